The first-order valence-electron chi connectivity index (χ1n) is 7.61. The zero-order chi connectivity index (χ0) is 16.4. The van der Waals surface area contributed by atoms with E-state index in [1.807, 2.05) is 61.5 Å². The van der Waals surface area contributed by atoms with Crippen LogP contribution in [-0.4, -0.2) is 23.3 Å². The summed E-state index contributed by atoms with van der Waals surface area (Å²) in [6.45, 7) is 4.14. The van der Waals surface area contributed by atoms with Gasteiger partial charge in [-0.15, -0.1) is 0 Å². The molecule has 0 spiro atoms. The lowest BCUT2D eigenvalue weighted by Crippen LogP contribution is -2.32. The van der Waals surface area contributed by atoms with Gasteiger partial charge in [0.05, 0.1) is 5.57 Å². The molecule has 0 unspecified atom stereocenters. The highest BCUT2D eigenvalue weighted by atomic mass is 16.2. The van der Waals surface area contributed by atoms with Gasteiger partial charge < -0.3 is 5.32 Å². The molecule has 0 radical (unpaired) electrons. The summed E-state index contributed by atoms with van der Waals surface area (Å²) in [5.74, 6) is -0.531. The quantitative estimate of drug-likeness (QED) is 0.882. The molecule has 0 fully saturated rings. The fraction of sp³-hybridized carbons (Fsp3) is 0.158. The average molecular weight is 306 g/mol. The summed E-state index contributed by atoms with van der Waals surface area (Å²) in [6, 6.07) is 17.0. The fourth-order valence-corrected chi connectivity index (χ4v) is 2.63. The molecular formula is C19H18N2O2. The molecule has 3 rings (SSSR count). The first kappa shape index (κ1) is 15.0. The van der Waals surface area contributed by atoms with Gasteiger partial charge in [0.1, 0.15) is 5.70 Å². The minimum atomic E-state index is -0.281. The summed E-state index contributed by atoms with van der Waals surface area (Å²) >= 11 is 0. The normalized spacial score (nSPS) is 14.6. The van der Waals surface area contributed by atoms with Crippen LogP contribution in [0.1, 0.15) is 18.1 Å². The summed E-state index contributed by atoms with van der Waals surface area (Å²) in [7, 11) is 0. The van der Waals surface area contributed by atoms with E-state index in [1.54, 1.807) is 6.92 Å². The summed E-state index contributed by atoms with van der Waals surface area (Å²) in [5, 5.41) is 3.12. The van der Waals surface area contributed by atoms with E-state index in [0.717, 1.165) is 16.8 Å². The van der Waals surface area contributed by atoms with Crippen molar-refractivity contribution in [3.8, 4) is 0 Å². The van der Waals surface area contributed by atoms with Gasteiger partial charge in [-0.1, -0.05) is 48.0 Å². The number of anilines is 1. The van der Waals surface area contributed by atoms with Crippen LogP contribution < -0.4 is 5.32 Å². The molecule has 1 aliphatic heterocycles. The van der Waals surface area contributed by atoms with E-state index in [9.17, 15) is 9.59 Å². The molecule has 23 heavy (non-hydrogen) atoms. The zero-order valence-electron chi connectivity index (χ0n) is 13.2. The fourth-order valence-electron chi connectivity index (χ4n) is 2.63. The highest BCUT2D eigenvalue weighted by Gasteiger charge is 2.38. The molecule has 0 saturated heterocycles. The standard InChI is InChI=1S/C19H18N2O2/c1-3-21-18(22)16(14-11-9-13(2)10-12-14)17(19(21)23)20-15-7-5-4-6-8-15/h4-12,20H,3H2,1-2H3. The Labute approximate surface area is 135 Å². The molecule has 4 heteroatoms. The monoisotopic (exact) mass is 306 g/mol. The van der Waals surface area contributed by atoms with Crippen molar-refractivity contribution < 1.29 is 9.59 Å². The minimum absolute atomic E-state index is 0.250. The molecule has 2 aromatic rings. The van der Waals surface area contributed by atoms with Crippen molar-refractivity contribution in [3.05, 3.63) is 71.4 Å². The summed E-state index contributed by atoms with van der Waals surface area (Å²) in [5.41, 5.74) is 3.41. The molecule has 0 bridgehead atoms. The smallest absolute Gasteiger partial charge is 0.278 e. The van der Waals surface area contributed by atoms with Crippen molar-refractivity contribution in [3.63, 3.8) is 0 Å². The Hall–Kier alpha value is -2.88. The third-order valence-corrected chi connectivity index (χ3v) is 3.87. The number of nitrogens with one attached hydrogen (secondary N) is 1. The second kappa shape index (κ2) is 6.08. The third kappa shape index (κ3) is 2.75. The summed E-state index contributed by atoms with van der Waals surface area (Å²) in [6.07, 6.45) is 0. The number of nitrogens with zero attached hydrogens (tertiary/aromatic N) is 1. The van der Waals surface area contributed by atoms with Crippen molar-refractivity contribution in [2.24, 2.45) is 0 Å². The van der Waals surface area contributed by atoms with Crippen LogP contribution in [0.25, 0.3) is 5.57 Å². The van der Waals surface area contributed by atoms with Crippen LogP contribution in [-0.2, 0) is 9.59 Å². The first-order valence-corrected chi connectivity index (χ1v) is 7.61. The van der Waals surface area contributed by atoms with Crippen LogP contribution >= 0.6 is 0 Å². The second-order valence-electron chi connectivity index (χ2n) is 5.46. The van der Waals surface area contributed by atoms with Gasteiger partial charge in [-0.25, -0.2) is 0 Å². The Kier molecular flexibility index (Phi) is 3.98. The Bertz CT molecular complexity index is 777. The van der Waals surface area contributed by atoms with Crippen LogP contribution in [0.2, 0.25) is 0 Å². The van der Waals surface area contributed by atoms with Crippen molar-refractivity contribution in [2.45, 2.75) is 13.8 Å². The number of hydrogen-bond donors (Lipinski definition) is 1. The molecule has 0 atom stereocenters. The lowest BCUT2D eigenvalue weighted by Gasteiger charge is -2.11. The Morgan fingerprint density at radius 3 is 2.17 bits per heavy atom. The lowest BCUT2D eigenvalue weighted by atomic mass is 10.0. The van der Waals surface area contributed by atoms with Crippen molar-refractivity contribution >= 4 is 23.1 Å². The molecule has 0 aliphatic carbocycles. The number of para-hydroxylation sites is 1. The predicted octanol–water partition coefficient (Wildman–Crippen LogP) is 3.21. The van der Waals surface area contributed by atoms with Gasteiger partial charge in [-0.05, 0) is 31.5 Å². The van der Waals surface area contributed by atoms with E-state index >= 15 is 0 Å². The van der Waals surface area contributed by atoms with E-state index in [2.05, 4.69) is 5.32 Å². The van der Waals surface area contributed by atoms with E-state index in [-0.39, 0.29) is 11.8 Å². The molecule has 1 N–H and O–H groups in total. The number of imide groups is 1. The minimum Gasteiger partial charge on any atom is -0.350 e. The summed E-state index contributed by atoms with van der Waals surface area (Å²) in [4.78, 5) is 26.5. The van der Waals surface area contributed by atoms with E-state index in [0.29, 0.717) is 17.8 Å². The molecule has 116 valence electrons. The molecule has 1 aliphatic rings. The highest BCUT2D eigenvalue weighted by molar-refractivity contribution is 6.36. The van der Waals surface area contributed by atoms with Gasteiger partial charge in [0.15, 0.2) is 0 Å². The SMILES string of the molecule is CCN1C(=O)C(Nc2ccccc2)=C(c2ccc(C)cc2)C1=O. The van der Waals surface area contributed by atoms with Gasteiger partial charge in [-0.3, -0.25) is 14.5 Å². The van der Waals surface area contributed by atoms with Gasteiger partial charge in [0.25, 0.3) is 11.8 Å². The van der Waals surface area contributed by atoms with Gasteiger partial charge >= 0.3 is 0 Å². The van der Waals surface area contributed by atoms with Crippen molar-refractivity contribution in [1.82, 2.24) is 4.90 Å². The number of amides is 2. The summed E-state index contributed by atoms with van der Waals surface area (Å²) < 4.78 is 0. The number of hydrogen-bond acceptors (Lipinski definition) is 3. The number of carbonyl (C=O) groups excluding carboxylic acids is 2. The molecule has 4 nitrogen and oxygen atoms in total. The van der Waals surface area contributed by atoms with Gasteiger partial charge in [-0.2, -0.15) is 0 Å². The molecule has 1 heterocycles. The number of benzene rings is 2. The first-order chi connectivity index (χ1) is 11.1. The highest BCUT2D eigenvalue weighted by Crippen LogP contribution is 2.30. The second-order valence-corrected chi connectivity index (χ2v) is 5.46. The predicted molar refractivity (Wildman–Crippen MR) is 90.6 cm³/mol. The zero-order valence-corrected chi connectivity index (χ0v) is 13.2. The molecule has 0 aromatic heterocycles. The Morgan fingerprint density at radius 1 is 0.913 bits per heavy atom. The maximum Gasteiger partial charge on any atom is 0.278 e. The van der Waals surface area contributed by atoms with Gasteiger partial charge in [0, 0.05) is 12.2 Å². The van der Waals surface area contributed by atoms with Crippen LogP contribution in [0.5, 0.6) is 0 Å². The van der Waals surface area contributed by atoms with Crippen LogP contribution in [0.15, 0.2) is 60.3 Å². The largest absolute Gasteiger partial charge is 0.350 e. The lowest BCUT2D eigenvalue weighted by molar-refractivity contribution is -0.136. The van der Waals surface area contributed by atoms with Crippen LogP contribution in [0.4, 0.5) is 5.69 Å². The maximum atomic E-state index is 12.6. The van der Waals surface area contributed by atoms with Crippen molar-refractivity contribution in [1.29, 1.82) is 0 Å². The average Bonchev–Trinajstić information content (AvgIpc) is 2.80. The Morgan fingerprint density at radius 2 is 1.57 bits per heavy atom. The van der Waals surface area contributed by atoms with E-state index < -0.39 is 0 Å². The molecule has 2 amide bonds. The third-order valence-electron chi connectivity index (χ3n) is 3.87. The van der Waals surface area contributed by atoms with E-state index in [1.165, 1.54) is 4.90 Å². The molecule has 0 saturated carbocycles. The molecular weight excluding hydrogens is 288 g/mol. The van der Waals surface area contributed by atoms with E-state index in [4.69, 9.17) is 0 Å². The Balaban J connectivity index is 2.08. The number of aryl methyl sites for hydroxylation is 1. The number of likely N-dealkylation sites (N-methyl/N-ethyl adjacent to an activating group) is 1. The van der Waals surface area contributed by atoms with Crippen LogP contribution in [0.3, 0.4) is 0 Å². The topological polar surface area (TPSA) is 49.4 Å². The molecule has 2 aromatic carbocycles. The van der Waals surface area contributed by atoms with Crippen molar-refractivity contribution in [2.75, 3.05) is 11.9 Å². The maximum absolute atomic E-state index is 12.6. The number of rotatable bonds is 4. The van der Waals surface area contributed by atoms with Crippen LogP contribution in [0, 0.1) is 6.92 Å². The van der Waals surface area contributed by atoms with Gasteiger partial charge in [0.2, 0.25) is 0 Å². The number of carbonyl (C=O) groups is 2.